The number of aliphatic hydroxyl groups excluding tert-OH is 1. The van der Waals surface area contributed by atoms with Gasteiger partial charge in [0, 0.05) is 120 Å². The molecule has 17 nitrogen and oxygen atoms in total. The number of piperazine rings is 2. The van der Waals surface area contributed by atoms with Crippen LogP contribution in [0.1, 0.15) is 84.2 Å². The number of anilines is 6. The number of hydrogen-bond donors (Lipinski definition) is 6. The first-order chi connectivity index (χ1) is 32.7. The number of aliphatic hydroxyl groups is 1. The first-order valence-corrected chi connectivity index (χ1v) is 24.2. The van der Waals surface area contributed by atoms with Crippen LogP contribution in [-0.2, 0) is 22.7 Å². The Labute approximate surface area is 393 Å². The molecule has 8 heterocycles. The molecule has 0 saturated carbocycles. The van der Waals surface area contributed by atoms with Crippen molar-refractivity contribution in [2.45, 2.75) is 77.6 Å². The number of amides is 4. The predicted octanol–water partition coefficient (Wildman–Crippen LogP) is 4.20. The second kappa shape index (κ2) is 22.5. The summed E-state index contributed by atoms with van der Waals surface area (Å²) in [5, 5.41) is 24.0. The van der Waals surface area contributed by atoms with E-state index in [0.717, 1.165) is 156 Å². The number of aromatic nitrogens is 2. The van der Waals surface area contributed by atoms with E-state index in [0.29, 0.717) is 18.7 Å². The largest absolute Gasteiger partial charge is 0.392 e. The third-order valence-corrected chi connectivity index (χ3v) is 13.3. The number of fused-ring (bicyclic) bond motifs is 6. The van der Waals surface area contributed by atoms with E-state index in [1.807, 2.05) is 68.6 Å². The molecule has 17 heteroatoms. The maximum absolute atomic E-state index is 12.5. The Bertz CT molecular complexity index is 2330. The summed E-state index contributed by atoms with van der Waals surface area (Å²) in [6.45, 7) is 15.6. The summed E-state index contributed by atoms with van der Waals surface area (Å²) in [5.74, 6) is 1.89. The molecule has 10 rings (SSSR count). The average molecular weight is 915 g/mol. The van der Waals surface area contributed by atoms with Gasteiger partial charge in [-0.25, -0.2) is 9.97 Å². The van der Waals surface area contributed by atoms with E-state index < -0.39 is 0 Å². The maximum atomic E-state index is 12.5. The predicted molar refractivity (Wildman–Crippen MR) is 263 cm³/mol. The van der Waals surface area contributed by atoms with E-state index in [9.17, 15) is 19.2 Å². The number of hydrogen-bond acceptors (Lipinski definition) is 13. The summed E-state index contributed by atoms with van der Waals surface area (Å²) in [7, 11) is 0. The minimum atomic E-state index is -0.0660. The summed E-state index contributed by atoms with van der Waals surface area (Å²) in [4.78, 5) is 68.5. The van der Waals surface area contributed by atoms with E-state index in [2.05, 4.69) is 62.1 Å². The van der Waals surface area contributed by atoms with Crippen LogP contribution in [0.3, 0.4) is 0 Å². The van der Waals surface area contributed by atoms with Gasteiger partial charge in [-0.15, -0.1) is 0 Å². The molecule has 6 aliphatic rings. The van der Waals surface area contributed by atoms with Gasteiger partial charge in [0.15, 0.2) is 11.6 Å². The highest BCUT2D eigenvalue weighted by Crippen LogP contribution is 2.36. The van der Waals surface area contributed by atoms with Crippen molar-refractivity contribution in [3.8, 4) is 0 Å². The number of benzene rings is 2. The molecule has 0 spiro atoms. The molecule has 0 bridgehead atoms. The Morgan fingerprint density at radius 3 is 1.57 bits per heavy atom. The van der Waals surface area contributed by atoms with Crippen LogP contribution >= 0.6 is 0 Å². The standard InChI is InChI=1S/C25H32N6O2.C13H19N3O.C12H15N3O2/c1-2-26-24(32)19-6-8-20(9-7-19)30-13-11-29(12-14-30)17-18-15-21-23(27-16-18)31-10-4-3-5-22(31)25(33)28-21;1-2-15-13(17)11-3-5-12(6-4-11)16-9-7-14-8-10-16;16-7-8-5-9-11(13-6-8)15-4-2-1-3-10(15)12(17)14-9/h6-9,15-16,22H,2-5,10-14,17H2,1H3,(H,26,32)(H,28,33);3-6,14H,2,7-10H2,1H3,(H,15,17);5-6,10,16H,1-4,7H2,(H,14,17)/t22-;;10-/m0.1/s1. The van der Waals surface area contributed by atoms with Crippen LogP contribution < -0.4 is 46.2 Å². The van der Waals surface area contributed by atoms with Crippen molar-refractivity contribution in [3.63, 3.8) is 0 Å². The first kappa shape index (κ1) is 47.2. The number of carbonyl (C=O) groups excluding carboxylic acids is 4. The van der Waals surface area contributed by atoms with Gasteiger partial charge in [0.05, 0.1) is 18.0 Å². The lowest BCUT2D eigenvalue weighted by molar-refractivity contribution is -0.118. The zero-order valence-corrected chi connectivity index (χ0v) is 38.9. The van der Waals surface area contributed by atoms with Crippen LogP contribution in [-0.4, -0.2) is 134 Å². The summed E-state index contributed by atoms with van der Waals surface area (Å²) in [5.41, 5.74) is 7.19. The van der Waals surface area contributed by atoms with Crippen LogP contribution in [0.15, 0.2) is 73.1 Å². The minimum Gasteiger partial charge on any atom is -0.392 e. The van der Waals surface area contributed by atoms with Crippen molar-refractivity contribution >= 4 is 58.0 Å². The van der Waals surface area contributed by atoms with Gasteiger partial charge in [-0.2, -0.15) is 0 Å². The molecule has 4 fully saturated rings. The summed E-state index contributed by atoms with van der Waals surface area (Å²) < 4.78 is 0. The van der Waals surface area contributed by atoms with Crippen molar-refractivity contribution in [3.05, 3.63) is 95.3 Å². The lowest BCUT2D eigenvalue weighted by atomic mass is 9.99. The molecule has 0 aliphatic carbocycles. The second-order valence-corrected chi connectivity index (χ2v) is 17.8. The Kier molecular flexibility index (Phi) is 15.8. The van der Waals surface area contributed by atoms with Gasteiger partial charge in [0.1, 0.15) is 12.1 Å². The number of pyridine rings is 2. The van der Waals surface area contributed by atoms with Gasteiger partial charge >= 0.3 is 0 Å². The second-order valence-electron chi connectivity index (χ2n) is 17.8. The summed E-state index contributed by atoms with van der Waals surface area (Å²) in [6.07, 6.45) is 9.86. The van der Waals surface area contributed by atoms with Crippen molar-refractivity contribution in [1.82, 2.24) is 30.8 Å². The Morgan fingerprint density at radius 2 is 1.09 bits per heavy atom. The van der Waals surface area contributed by atoms with E-state index in [1.54, 1.807) is 12.3 Å². The van der Waals surface area contributed by atoms with Crippen molar-refractivity contribution in [2.75, 3.05) is 109 Å². The van der Waals surface area contributed by atoms with Gasteiger partial charge < -0.3 is 51.3 Å². The van der Waals surface area contributed by atoms with Gasteiger partial charge in [-0.1, -0.05) is 0 Å². The molecule has 2 aromatic heterocycles. The summed E-state index contributed by atoms with van der Waals surface area (Å²) >= 11 is 0. The highest BCUT2D eigenvalue weighted by molar-refractivity contribution is 6.04. The molecule has 6 aliphatic heterocycles. The van der Waals surface area contributed by atoms with Gasteiger partial charge in [-0.3, -0.25) is 24.1 Å². The molecule has 0 radical (unpaired) electrons. The van der Waals surface area contributed by atoms with E-state index in [4.69, 9.17) is 10.1 Å². The molecule has 4 amide bonds. The quantitative estimate of drug-likeness (QED) is 0.140. The molecule has 4 saturated heterocycles. The molecule has 6 N–H and O–H groups in total. The zero-order valence-electron chi connectivity index (χ0n) is 38.9. The zero-order chi connectivity index (χ0) is 46.7. The van der Waals surface area contributed by atoms with Gasteiger partial charge in [-0.05, 0) is 124 Å². The Balaban J connectivity index is 0.000000150. The van der Waals surface area contributed by atoms with Gasteiger partial charge in [0.25, 0.3) is 11.8 Å². The van der Waals surface area contributed by atoms with Crippen molar-refractivity contribution < 1.29 is 24.3 Å². The Hall–Kier alpha value is -6.30. The molecular formula is C50H66N12O5. The lowest BCUT2D eigenvalue weighted by Crippen LogP contribution is -2.51. The van der Waals surface area contributed by atoms with Gasteiger partial charge in [0.2, 0.25) is 11.8 Å². The number of nitrogens with one attached hydrogen (secondary N) is 5. The molecule has 356 valence electrons. The monoisotopic (exact) mass is 915 g/mol. The van der Waals surface area contributed by atoms with E-state index >= 15 is 0 Å². The normalized spacial score (nSPS) is 19.9. The maximum Gasteiger partial charge on any atom is 0.251 e. The highest BCUT2D eigenvalue weighted by atomic mass is 16.3. The highest BCUT2D eigenvalue weighted by Gasteiger charge is 2.37. The SMILES string of the molecule is CCNC(=O)c1ccc(N2CCN(Cc3cnc4c(c3)NC(=O)[C@@H]3CCCCN43)CC2)cc1.CCNC(=O)c1ccc(N2CCNCC2)cc1.O=C1Nc2cc(CO)cnc2N2CCCC[C@H]12. The van der Waals surface area contributed by atoms with Crippen LogP contribution in [0.2, 0.25) is 0 Å². The van der Waals surface area contributed by atoms with Crippen LogP contribution in [0, 0.1) is 0 Å². The number of carbonyl (C=O) groups is 4. The molecular weight excluding hydrogens is 849 g/mol. The third kappa shape index (κ3) is 11.5. The average Bonchev–Trinajstić information content (AvgIpc) is 3.37. The van der Waals surface area contributed by atoms with Crippen molar-refractivity contribution in [2.24, 2.45) is 0 Å². The fraction of sp³-hybridized carbons (Fsp3) is 0.480. The number of piperidine rings is 2. The third-order valence-electron chi connectivity index (χ3n) is 13.3. The lowest BCUT2D eigenvalue weighted by Gasteiger charge is -2.40. The molecule has 2 aromatic carbocycles. The smallest absolute Gasteiger partial charge is 0.251 e. The van der Waals surface area contributed by atoms with Crippen LogP contribution in [0.5, 0.6) is 0 Å². The molecule has 2 atom stereocenters. The summed E-state index contributed by atoms with van der Waals surface area (Å²) in [6, 6.07) is 19.4. The van der Waals surface area contributed by atoms with Crippen LogP contribution in [0.4, 0.5) is 34.4 Å². The van der Waals surface area contributed by atoms with Crippen LogP contribution in [0.25, 0.3) is 0 Å². The number of rotatable bonds is 9. The minimum absolute atomic E-state index is 0.000592. The van der Waals surface area contributed by atoms with Crippen molar-refractivity contribution in [1.29, 1.82) is 0 Å². The van der Waals surface area contributed by atoms with E-state index in [1.165, 1.54) is 5.69 Å². The molecule has 0 unspecified atom stereocenters. The topological polar surface area (TPSA) is 191 Å². The Morgan fingerprint density at radius 1 is 0.627 bits per heavy atom. The molecule has 4 aromatic rings. The number of nitrogens with zero attached hydrogens (tertiary/aromatic N) is 7. The van der Waals surface area contributed by atoms with E-state index in [-0.39, 0.29) is 42.3 Å². The fourth-order valence-corrected chi connectivity index (χ4v) is 9.68. The first-order valence-electron chi connectivity index (χ1n) is 24.2. The molecule has 67 heavy (non-hydrogen) atoms. The fourth-order valence-electron chi connectivity index (χ4n) is 9.68.